The Kier molecular flexibility index (Phi) is 11.5. The number of nitrogens with zero attached hydrogens (tertiary/aromatic N) is 2. The summed E-state index contributed by atoms with van der Waals surface area (Å²) in [4.78, 5) is 57.1. The number of anilines is 2. The van der Waals surface area contributed by atoms with Crippen molar-refractivity contribution in [3.8, 4) is 28.7 Å². The first-order valence-corrected chi connectivity index (χ1v) is 16.2. The second-order valence-corrected chi connectivity index (χ2v) is 12.2. The molecule has 0 bridgehead atoms. The van der Waals surface area contributed by atoms with Crippen LogP contribution in [0.2, 0.25) is 5.02 Å². The number of amides is 4. The lowest BCUT2D eigenvalue weighted by atomic mass is 10.1. The van der Waals surface area contributed by atoms with Crippen molar-refractivity contribution in [1.29, 1.82) is 0 Å². The van der Waals surface area contributed by atoms with Crippen LogP contribution in [0.4, 0.5) is 11.4 Å². The number of carbonyl (C=O) groups is 4. The molecule has 0 saturated carbocycles. The summed E-state index contributed by atoms with van der Waals surface area (Å²) in [7, 11) is 5.66. The molecule has 0 saturated heterocycles. The molecular weight excluding hydrogens is 708 g/mol. The highest BCUT2D eigenvalue weighted by Crippen LogP contribution is 2.50. The van der Waals surface area contributed by atoms with Crippen LogP contribution in [0.15, 0.2) is 34.8 Å². The SMILES string of the molecule is CCN(CC)C(=O)C[C@H]1C(=O)Nc2cc(NC(=O)c3c(Cl)c(OC)c(OC)c(OC)c3Br)c(Oc3cc(C)cc(C)c3)cc2C(=O)N1C. The quantitative estimate of drug-likeness (QED) is 0.229. The van der Waals surface area contributed by atoms with Gasteiger partial charge in [0.15, 0.2) is 17.2 Å². The number of hydrogen-bond donors (Lipinski definition) is 2. The first-order chi connectivity index (χ1) is 22.8. The van der Waals surface area contributed by atoms with Crippen molar-refractivity contribution in [2.45, 2.75) is 40.2 Å². The highest BCUT2D eigenvalue weighted by atomic mass is 79.9. The zero-order valence-electron chi connectivity index (χ0n) is 28.0. The molecule has 3 aromatic carbocycles. The van der Waals surface area contributed by atoms with E-state index in [1.54, 1.807) is 4.90 Å². The molecule has 4 amide bonds. The van der Waals surface area contributed by atoms with Gasteiger partial charge in [-0.25, -0.2) is 0 Å². The van der Waals surface area contributed by atoms with E-state index in [9.17, 15) is 19.2 Å². The molecule has 0 fully saturated rings. The molecule has 1 aliphatic heterocycles. The normalized spacial score (nSPS) is 14.0. The highest BCUT2D eigenvalue weighted by Gasteiger charge is 2.36. The Labute approximate surface area is 292 Å². The van der Waals surface area contributed by atoms with Crippen LogP contribution in [-0.2, 0) is 9.59 Å². The van der Waals surface area contributed by atoms with Gasteiger partial charge >= 0.3 is 0 Å². The zero-order valence-corrected chi connectivity index (χ0v) is 30.3. The Morgan fingerprint density at radius 1 is 0.958 bits per heavy atom. The monoisotopic (exact) mass is 744 g/mol. The van der Waals surface area contributed by atoms with Crippen molar-refractivity contribution in [3.05, 3.63) is 62.1 Å². The van der Waals surface area contributed by atoms with E-state index in [0.29, 0.717) is 18.8 Å². The number of ether oxygens (including phenoxy) is 4. The number of likely N-dealkylation sites (N-methyl/N-ethyl adjacent to an activating group) is 1. The summed E-state index contributed by atoms with van der Waals surface area (Å²) < 4.78 is 22.8. The van der Waals surface area contributed by atoms with Gasteiger partial charge in [0.2, 0.25) is 17.6 Å². The predicted octanol–water partition coefficient (Wildman–Crippen LogP) is 6.44. The average Bonchev–Trinajstić information content (AvgIpc) is 3.11. The van der Waals surface area contributed by atoms with Crippen LogP contribution in [0.1, 0.15) is 52.1 Å². The summed E-state index contributed by atoms with van der Waals surface area (Å²) in [6.07, 6.45) is -0.201. The van der Waals surface area contributed by atoms with Crippen LogP contribution >= 0.6 is 27.5 Å². The molecule has 4 rings (SSSR count). The van der Waals surface area contributed by atoms with E-state index in [-0.39, 0.29) is 67.3 Å². The lowest BCUT2D eigenvalue weighted by Crippen LogP contribution is -2.46. The molecule has 0 aliphatic carbocycles. The van der Waals surface area contributed by atoms with E-state index in [2.05, 4.69) is 26.6 Å². The lowest BCUT2D eigenvalue weighted by molar-refractivity contribution is -0.134. The summed E-state index contributed by atoms with van der Waals surface area (Å²) in [6.45, 7) is 8.45. The number of methoxy groups -OCH3 is 3. The van der Waals surface area contributed by atoms with Gasteiger partial charge < -0.3 is 39.4 Å². The van der Waals surface area contributed by atoms with E-state index >= 15 is 0 Å². The van der Waals surface area contributed by atoms with Gasteiger partial charge in [-0.15, -0.1) is 0 Å². The van der Waals surface area contributed by atoms with Gasteiger partial charge in [0.05, 0.1) is 54.7 Å². The van der Waals surface area contributed by atoms with Crippen LogP contribution < -0.4 is 29.6 Å². The second-order valence-electron chi connectivity index (χ2n) is 11.1. The lowest BCUT2D eigenvalue weighted by Gasteiger charge is -2.27. The first kappa shape index (κ1) is 36.3. The summed E-state index contributed by atoms with van der Waals surface area (Å²) in [5, 5.41) is 5.54. The van der Waals surface area contributed by atoms with Gasteiger partial charge in [0, 0.05) is 20.1 Å². The van der Waals surface area contributed by atoms with E-state index in [1.165, 1.54) is 45.4 Å². The van der Waals surface area contributed by atoms with Crippen molar-refractivity contribution in [1.82, 2.24) is 9.80 Å². The average molecular weight is 746 g/mol. The Morgan fingerprint density at radius 2 is 1.56 bits per heavy atom. The predicted molar refractivity (Wildman–Crippen MR) is 186 cm³/mol. The van der Waals surface area contributed by atoms with Crippen molar-refractivity contribution in [2.75, 3.05) is 52.1 Å². The third kappa shape index (κ3) is 7.16. The molecular formula is C34H38BrClN4O8. The smallest absolute Gasteiger partial charge is 0.258 e. The molecule has 0 radical (unpaired) electrons. The molecule has 2 N–H and O–H groups in total. The maximum atomic E-state index is 14.0. The minimum Gasteiger partial charge on any atom is -0.492 e. The van der Waals surface area contributed by atoms with Gasteiger partial charge in [-0.1, -0.05) is 17.7 Å². The fourth-order valence-corrected chi connectivity index (χ4v) is 6.72. The van der Waals surface area contributed by atoms with Crippen LogP contribution in [-0.4, -0.2) is 80.9 Å². The maximum absolute atomic E-state index is 14.0. The number of aryl methyl sites for hydroxylation is 2. The Bertz CT molecular complexity index is 1730. The van der Waals surface area contributed by atoms with Crippen molar-refractivity contribution in [2.24, 2.45) is 0 Å². The maximum Gasteiger partial charge on any atom is 0.258 e. The van der Waals surface area contributed by atoms with Crippen LogP contribution in [0.25, 0.3) is 0 Å². The molecule has 48 heavy (non-hydrogen) atoms. The van der Waals surface area contributed by atoms with E-state index < -0.39 is 23.8 Å². The third-order valence-electron chi connectivity index (χ3n) is 7.94. The van der Waals surface area contributed by atoms with Crippen LogP contribution in [0.5, 0.6) is 28.7 Å². The molecule has 0 unspecified atom stereocenters. The Hall–Kier alpha value is -4.49. The second kappa shape index (κ2) is 15.2. The van der Waals surface area contributed by atoms with Gasteiger partial charge in [0.1, 0.15) is 16.8 Å². The van der Waals surface area contributed by atoms with Crippen molar-refractivity contribution in [3.63, 3.8) is 0 Å². The molecule has 256 valence electrons. The topological polar surface area (TPSA) is 136 Å². The van der Waals surface area contributed by atoms with Gasteiger partial charge in [-0.05, 0) is 79.0 Å². The number of nitrogens with one attached hydrogen (secondary N) is 2. The van der Waals surface area contributed by atoms with E-state index in [1.807, 2.05) is 45.9 Å². The van der Waals surface area contributed by atoms with E-state index in [0.717, 1.165) is 11.1 Å². The molecule has 1 atom stereocenters. The number of benzene rings is 3. The van der Waals surface area contributed by atoms with Gasteiger partial charge in [0.25, 0.3) is 11.8 Å². The Balaban J connectivity index is 1.84. The highest BCUT2D eigenvalue weighted by molar-refractivity contribution is 9.10. The summed E-state index contributed by atoms with van der Waals surface area (Å²) >= 11 is 10.1. The number of fused-ring (bicyclic) bond motifs is 1. The minimum absolute atomic E-state index is 0.0340. The van der Waals surface area contributed by atoms with Crippen molar-refractivity contribution >= 4 is 62.5 Å². The summed E-state index contributed by atoms with van der Waals surface area (Å²) in [6, 6.07) is 7.40. The minimum atomic E-state index is -1.08. The van der Waals surface area contributed by atoms with Crippen molar-refractivity contribution < 1.29 is 38.1 Å². The number of hydrogen-bond acceptors (Lipinski definition) is 8. The molecule has 12 nitrogen and oxygen atoms in total. The number of rotatable bonds is 11. The molecule has 0 spiro atoms. The first-order valence-electron chi connectivity index (χ1n) is 15.1. The fraction of sp³-hybridized carbons (Fsp3) is 0.353. The van der Waals surface area contributed by atoms with E-state index in [4.69, 9.17) is 30.5 Å². The molecule has 1 aliphatic rings. The third-order valence-corrected chi connectivity index (χ3v) is 9.06. The molecule has 1 heterocycles. The molecule has 3 aromatic rings. The Morgan fingerprint density at radius 3 is 2.12 bits per heavy atom. The van der Waals surface area contributed by atoms with Crippen LogP contribution in [0.3, 0.4) is 0 Å². The largest absolute Gasteiger partial charge is 0.492 e. The number of carbonyl (C=O) groups excluding carboxylic acids is 4. The molecule has 14 heteroatoms. The standard InChI is InChI=1S/C34H38BrClN4O8/c1-9-40(10-2)25(41)16-23-32(42)37-21-15-22(38-33(43)26-27(35)29(45-6)31(47-8)30(46-7)28(26)36)24(14-20(21)34(44)39(23)5)48-19-12-17(3)11-18(4)13-19/h11-15,23H,9-10,16H2,1-8H3,(H,37,42)(H,38,43)/t23-/m0/s1. The molecule has 0 aromatic heterocycles. The van der Waals surface area contributed by atoms with Gasteiger partial charge in [-0.3, -0.25) is 19.2 Å². The summed E-state index contributed by atoms with van der Waals surface area (Å²) in [5.74, 6) is -1.03. The fourth-order valence-electron chi connectivity index (χ4n) is 5.55. The van der Waals surface area contributed by atoms with Crippen LogP contribution in [0, 0.1) is 13.8 Å². The summed E-state index contributed by atoms with van der Waals surface area (Å²) in [5.41, 5.74) is 2.17. The number of halogens is 2. The zero-order chi connectivity index (χ0) is 35.4. The van der Waals surface area contributed by atoms with Gasteiger partial charge in [-0.2, -0.15) is 0 Å².